The van der Waals surface area contributed by atoms with Gasteiger partial charge >= 0.3 is 0 Å². The summed E-state index contributed by atoms with van der Waals surface area (Å²) in [6.07, 6.45) is 2.99. The van der Waals surface area contributed by atoms with Gasteiger partial charge in [0.15, 0.2) is 0 Å². The van der Waals surface area contributed by atoms with Gasteiger partial charge in [-0.1, -0.05) is 35.0 Å². The normalized spacial score (nSPS) is 12.6. The fraction of sp³-hybridized carbons (Fsp3) is 0.357. The molecule has 1 atom stereocenters. The Morgan fingerprint density at radius 1 is 1.33 bits per heavy atom. The summed E-state index contributed by atoms with van der Waals surface area (Å²) in [5.41, 5.74) is 2.24. The zero-order chi connectivity index (χ0) is 13.0. The first-order chi connectivity index (χ1) is 8.74. The Balaban J connectivity index is 2.21. The number of halogens is 1. The van der Waals surface area contributed by atoms with Crippen molar-refractivity contribution in [3.05, 3.63) is 40.8 Å². The van der Waals surface area contributed by atoms with E-state index in [1.807, 2.05) is 25.4 Å². The largest absolute Gasteiger partial charge is 0.342 e. The Kier molecular flexibility index (Phi) is 4.55. The molecule has 18 heavy (non-hydrogen) atoms. The summed E-state index contributed by atoms with van der Waals surface area (Å²) in [5, 5.41) is 3.21. The minimum absolute atomic E-state index is 0.444. The number of nitrogens with one attached hydrogen (secondary N) is 2. The maximum atomic E-state index is 4.50. The average Bonchev–Trinajstić information content (AvgIpc) is 2.86. The van der Waals surface area contributed by atoms with Gasteiger partial charge in [0.25, 0.3) is 0 Å². The molecule has 0 aliphatic rings. The van der Waals surface area contributed by atoms with Gasteiger partial charge < -0.3 is 10.3 Å². The summed E-state index contributed by atoms with van der Waals surface area (Å²) in [5.74, 6) is 1.50. The van der Waals surface area contributed by atoms with E-state index < -0.39 is 0 Å². The van der Waals surface area contributed by atoms with Gasteiger partial charge in [-0.05, 0) is 31.2 Å². The van der Waals surface area contributed by atoms with Crippen molar-refractivity contribution in [2.24, 2.45) is 0 Å². The van der Waals surface area contributed by atoms with Gasteiger partial charge in [-0.25, -0.2) is 4.98 Å². The first-order valence-electron chi connectivity index (χ1n) is 6.20. The van der Waals surface area contributed by atoms with E-state index in [0.29, 0.717) is 5.92 Å². The molecule has 0 spiro atoms. The van der Waals surface area contributed by atoms with Crippen molar-refractivity contribution in [1.82, 2.24) is 15.3 Å². The number of benzene rings is 1. The van der Waals surface area contributed by atoms with Crippen LogP contribution in [-0.4, -0.2) is 23.6 Å². The van der Waals surface area contributed by atoms with Crippen LogP contribution >= 0.6 is 15.9 Å². The lowest BCUT2D eigenvalue weighted by Gasteiger charge is -2.10. The number of rotatable bonds is 5. The summed E-state index contributed by atoms with van der Waals surface area (Å²) in [7, 11) is 1.97. The lowest BCUT2D eigenvalue weighted by Crippen LogP contribution is -2.17. The number of hydrogen-bond donors (Lipinski definition) is 2. The van der Waals surface area contributed by atoms with Crippen molar-refractivity contribution >= 4 is 15.9 Å². The lowest BCUT2D eigenvalue weighted by molar-refractivity contribution is 0.586. The molecular weight excluding hydrogens is 290 g/mol. The number of likely N-dealkylation sites (N-methyl/N-ethyl adjacent to an activating group) is 1. The Morgan fingerprint density at radius 2 is 2.06 bits per heavy atom. The van der Waals surface area contributed by atoms with Crippen LogP contribution < -0.4 is 5.32 Å². The third-order valence-corrected chi connectivity index (χ3v) is 3.61. The fourth-order valence-electron chi connectivity index (χ4n) is 2.00. The molecule has 1 heterocycles. The first-order valence-corrected chi connectivity index (χ1v) is 6.99. The number of aromatic nitrogens is 2. The molecular formula is C14H18BrN3. The van der Waals surface area contributed by atoms with Crippen molar-refractivity contribution in [3.63, 3.8) is 0 Å². The van der Waals surface area contributed by atoms with E-state index in [-0.39, 0.29) is 0 Å². The highest BCUT2D eigenvalue weighted by Crippen LogP contribution is 2.23. The molecule has 1 unspecified atom stereocenters. The van der Waals surface area contributed by atoms with E-state index in [9.17, 15) is 0 Å². The topological polar surface area (TPSA) is 40.7 Å². The molecule has 0 fully saturated rings. The van der Waals surface area contributed by atoms with Crippen LogP contribution in [0.25, 0.3) is 11.3 Å². The smallest absolute Gasteiger partial charge is 0.110 e. The fourth-order valence-corrected chi connectivity index (χ4v) is 2.27. The van der Waals surface area contributed by atoms with Crippen LogP contribution in [0.1, 0.15) is 25.1 Å². The number of H-pyrrole nitrogens is 1. The van der Waals surface area contributed by atoms with E-state index in [1.54, 1.807) is 0 Å². The van der Waals surface area contributed by atoms with Gasteiger partial charge in [0, 0.05) is 16.9 Å². The van der Waals surface area contributed by atoms with Gasteiger partial charge in [-0.2, -0.15) is 0 Å². The van der Waals surface area contributed by atoms with E-state index >= 15 is 0 Å². The van der Waals surface area contributed by atoms with Gasteiger partial charge in [-0.3, -0.25) is 0 Å². The summed E-state index contributed by atoms with van der Waals surface area (Å²) in [6.45, 7) is 3.13. The van der Waals surface area contributed by atoms with E-state index in [0.717, 1.165) is 34.5 Å². The first kappa shape index (κ1) is 13.3. The lowest BCUT2D eigenvalue weighted by atomic mass is 10.1. The molecule has 0 aliphatic carbocycles. The van der Waals surface area contributed by atoms with Crippen molar-refractivity contribution in [3.8, 4) is 11.3 Å². The van der Waals surface area contributed by atoms with Gasteiger partial charge in [0.1, 0.15) is 5.82 Å². The molecule has 1 aromatic heterocycles. The quantitative estimate of drug-likeness (QED) is 0.887. The maximum absolute atomic E-state index is 4.50. The zero-order valence-electron chi connectivity index (χ0n) is 10.7. The zero-order valence-corrected chi connectivity index (χ0v) is 12.3. The van der Waals surface area contributed by atoms with Gasteiger partial charge in [0.2, 0.25) is 0 Å². The second-order valence-electron chi connectivity index (χ2n) is 4.35. The molecule has 96 valence electrons. The SMILES string of the molecule is CCC(CNC)c1ncc(-c2ccc(Br)cc2)[nH]1. The molecule has 0 radical (unpaired) electrons. The number of hydrogen-bond acceptors (Lipinski definition) is 2. The number of nitrogens with zero attached hydrogens (tertiary/aromatic N) is 1. The van der Waals surface area contributed by atoms with E-state index in [4.69, 9.17) is 0 Å². The van der Waals surface area contributed by atoms with Gasteiger partial charge in [-0.15, -0.1) is 0 Å². The highest BCUT2D eigenvalue weighted by molar-refractivity contribution is 9.10. The van der Waals surface area contributed by atoms with Crippen LogP contribution in [-0.2, 0) is 0 Å². The minimum Gasteiger partial charge on any atom is -0.342 e. The Labute approximate surface area is 116 Å². The molecule has 2 rings (SSSR count). The summed E-state index contributed by atoms with van der Waals surface area (Å²) >= 11 is 3.44. The van der Waals surface area contributed by atoms with Crippen LogP contribution in [0, 0.1) is 0 Å². The van der Waals surface area contributed by atoms with Crippen LogP contribution in [0.4, 0.5) is 0 Å². The van der Waals surface area contributed by atoms with Crippen molar-refractivity contribution in [2.45, 2.75) is 19.3 Å². The molecule has 0 saturated heterocycles. The third kappa shape index (κ3) is 3.00. The second-order valence-corrected chi connectivity index (χ2v) is 5.27. The third-order valence-electron chi connectivity index (χ3n) is 3.08. The predicted octanol–water partition coefficient (Wildman–Crippen LogP) is 3.55. The van der Waals surface area contributed by atoms with Crippen molar-refractivity contribution < 1.29 is 0 Å². The number of imidazole rings is 1. The average molecular weight is 308 g/mol. The number of aromatic amines is 1. The van der Waals surface area contributed by atoms with Crippen LogP contribution in [0.3, 0.4) is 0 Å². The highest BCUT2D eigenvalue weighted by Gasteiger charge is 2.12. The molecule has 1 aromatic carbocycles. The Bertz CT molecular complexity index is 490. The maximum Gasteiger partial charge on any atom is 0.110 e. The Hall–Kier alpha value is -1.13. The molecule has 2 N–H and O–H groups in total. The van der Waals surface area contributed by atoms with E-state index in [1.165, 1.54) is 0 Å². The molecule has 0 bridgehead atoms. The molecule has 4 heteroatoms. The molecule has 0 aliphatic heterocycles. The van der Waals surface area contributed by atoms with Crippen LogP contribution in [0.15, 0.2) is 34.9 Å². The molecule has 0 amide bonds. The summed E-state index contributed by atoms with van der Waals surface area (Å²) in [4.78, 5) is 7.92. The monoisotopic (exact) mass is 307 g/mol. The minimum atomic E-state index is 0.444. The van der Waals surface area contributed by atoms with E-state index in [2.05, 4.69) is 50.3 Å². The van der Waals surface area contributed by atoms with Crippen LogP contribution in [0.5, 0.6) is 0 Å². The Morgan fingerprint density at radius 3 is 2.67 bits per heavy atom. The molecule has 2 aromatic rings. The van der Waals surface area contributed by atoms with Crippen molar-refractivity contribution in [1.29, 1.82) is 0 Å². The standard InChI is InChI=1S/C14H18BrN3/c1-3-10(8-16-2)14-17-9-13(18-14)11-4-6-12(15)7-5-11/h4-7,9-10,16H,3,8H2,1-2H3,(H,17,18). The van der Waals surface area contributed by atoms with Crippen molar-refractivity contribution in [2.75, 3.05) is 13.6 Å². The highest BCUT2D eigenvalue weighted by atomic mass is 79.9. The second kappa shape index (κ2) is 6.16. The summed E-state index contributed by atoms with van der Waals surface area (Å²) in [6, 6.07) is 8.25. The predicted molar refractivity (Wildman–Crippen MR) is 78.7 cm³/mol. The van der Waals surface area contributed by atoms with Gasteiger partial charge in [0.05, 0.1) is 11.9 Å². The molecule has 0 saturated carbocycles. The molecule has 3 nitrogen and oxygen atoms in total. The van der Waals surface area contributed by atoms with Crippen LogP contribution in [0.2, 0.25) is 0 Å². The summed E-state index contributed by atoms with van der Waals surface area (Å²) < 4.78 is 1.09.